The van der Waals surface area contributed by atoms with Crippen molar-refractivity contribution in [1.29, 1.82) is 0 Å². The Balaban J connectivity index is 2.65. The Kier molecular flexibility index (Phi) is 4.29. The first-order valence-corrected chi connectivity index (χ1v) is 5.41. The SMILES string of the molecule is C=C(C)CCC(N)c1ncccc1Br. The molecule has 0 bridgehead atoms. The molecule has 1 unspecified atom stereocenters. The Morgan fingerprint density at radius 3 is 3.00 bits per heavy atom. The molecule has 0 radical (unpaired) electrons. The number of nitrogens with two attached hydrogens (primary N) is 1. The molecule has 76 valence electrons. The van der Waals surface area contributed by atoms with Crippen LogP contribution >= 0.6 is 15.9 Å². The highest BCUT2D eigenvalue weighted by molar-refractivity contribution is 9.10. The number of pyridine rings is 1. The molecule has 0 aliphatic rings. The minimum Gasteiger partial charge on any atom is -0.323 e. The summed E-state index contributed by atoms with van der Waals surface area (Å²) in [6, 6.07) is 3.84. The van der Waals surface area contributed by atoms with E-state index in [-0.39, 0.29) is 6.04 Å². The van der Waals surface area contributed by atoms with Crippen molar-refractivity contribution >= 4 is 15.9 Å². The average Bonchev–Trinajstić information content (AvgIpc) is 2.15. The van der Waals surface area contributed by atoms with Gasteiger partial charge in [-0.25, -0.2) is 0 Å². The van der Waals surface area contributed by atoms with E-state index in [1.807, 2.05) is 19.1 Å². The molecular weight excluding hydrogens is 240 g/mol. The first-order chi connectivity index (χ1) is 6.61. The number of nitrogens with zero attached hydrogens (tertiary/aromatic N) is 1. The molecule has 3 heteroatoms. The van der Waals surface area contributed by atoms with Crippen LogP contribution in [0.2, 0.25) is 0 Å². The molecule has 1 heterocycles. The summed E-state index contributed by atoms with van der Waals surface area (Å²) in [6.45, 7) is 5.87. The number of allylic oxidation sites excluding steroid dienone is 1. The van der Waals surface area contributed by atoms with Crippen molar-refractivity contribution in [2.24, 2.45) is 5.73 Å². The van der Waals surface area contributed by atoms with Gasteiger partial charge in [0.05, 0.1) is 5.69 Å². The van der Waals surface area contributed by atoms with Crippen LogP contribution in [0.4, 0.5) is 0 Å². The quantitative estimate of drug-likeness (QED) is 0.839. The Hall–Kier alpha value is -0.670. The van der Waals surface area contributed by atoms with Crippen molar-refractivity contribution in [2.45, 2.75) is 25.8 Å². The second kappa shape index (κ2) is 5.27. The second-order valence-corrected chi connectivity index (χ2v) is 4.33. The van der Waals surface area contributed by atoms with E-state index in [1.165, 1.54) is 0 Å². The molecule has 1 rings (SSSR count). The maximum Gasteiger partial charge on any atom is 0.0712 e. The van der Waals surface area contributed by atoms with Crippen LogP contribution in [0.5, 0.6) is 0 Å². The topological polar surface area (TPSA) is 38.9 Å². The largest absolute Gasteiger partial charge is 0.323 e. The van der Waals surface area contributed by atoms with E-state index in [2.05, 4.69) is 27.5 Å². The summed E-state index contributed by atoms with van der Waals surface area (Å²) >= 11 is 3.44. The number of hydrogen-bond donors (Lipinski definition) is 1. The van der Waals surface area contributed by atoms with Gasteiger partial charge in [-0.1, -0.05) is 5.57 Å². The number of hydrogen-bond acceptors (Lipinski definition) is 2. The van der Waals surface area contributed by atoms with Crippen LogP contribution in [0.1, 0.15) is 31.5 Å². The first-order valence-electron chi connectivity index (χ1n) is 4.61. The zero-order valence-corrected chi connectivity index (χ0v) is 9.92. The van der Waals surface area contributed by atoms with Gasteiger partial charge in [0.25, 0.3) is 0 Å². The molecule has 1 atom stereocenters. The van der Waals surface area contributed by atoms with E-state index in [4.69, 9.17) is 5.73 Å². The third-order valence-corrected chi connectivity index (χ3v) is 2.69. The molecule has 2 N–H and O–H groups in total. The number of rotatable bonds is 4. The van der Waals surface area contributed by atoms with Crippen LogP contribution in [0.3, 0.4) is 0 Å². The van der Waals surface area contributed by atoms with Gasteiger partial charge in [0.1, 0.15) is 0 Å². The molecule has 0 saturated carbocycles. The molecule has 0 aliphatic heterocycles. The summed E-state index contributed by atoms with van der Waals surface area (Å²) in [5.41, 5.74) is 8.10. The standard InChI is InChI=1S/C11H15BrN2/c1-8(2)5-6-10(13)11-9(12)4-3-7-14-11/h3-4,7,10H,1,5-6,13H2,2H3. The molecule has 1 aromatic rings. The monoisotopic (exact) mass is 254 g/mol. The predicted molar refractivity (Wildman–Crippen MR) is 62.9 cm³/mol. The van der Waals surface area contributed by atoms with Crippen molar-refractivity contribution in [2.75, 3.05) is 0 Å². The van der Waals surface area contributed by atoms with Crippen LogP contribution in [-0.2, 0) is 0 Å². The summed E-state index contributed by atoms with van der Waals surface area (Å²) in [4.78, 5) is 4.25. The van der Waals surface area contributed by atoms with Crippen molar-refractivity contribution in [3.05, 3.63) is 40.6 Å². The second-order valence-electron chi connectivity index (χ2n) is 3.47. The molecule has 0 aromatic carbocycles. The summed E-state index contributed by atoms with van der Waals surface area (Å²) in [5.74, 6) is 0. The summed E-state index contributed by atoms with van der Waals surface area (Å²) in [7, 11) is 0. The van der Waals surface area contributed by atoms with Crippen LogP contribution in [0, 0.1) is 0 Å². The van der Waals surface area contributed by atoms with Gasteiger partial charge in [0.15, 0.2) is 0 Å². The van der Waals surface area contributed by atoms with E-state index >= 15 is 0 Å². The normalized spacial score (nSPS) is 12.5. The third kappa shape index (κ3) is 3.24. The molecule has 1 aromatic heterocycles. The molecule has 0 saturated heterocycles. The van der Waals surface area contributed by atoms with Gasteiger partial charge in [-0.15, -0.1) is 6.58 Å². The minimum absolute atomic E-state index is 0.0118. The fourth-order valence-electron chi connectivity index (χ4n) is 1.21. The van der Waals surface area contributed by atoms with E-state index in [9.17, 15) is 0 Å². The van der Waals surface area contributed by atoms with Gasteiger partial charge in [-0.3, -0.25) is 4.98 Å². The number of aromatic nitrogens is 1. The highest BCUT2D eigenvalue weighted by Gasteiger charge is 2.10. The van der Waals surface area contributed by atoms with Gasteiger partial charge >= 0.3 is 0 Å². The lowest BCUT2D eigenvalue weighted by Crippen LogP contribution is -2.12. The maximum atomic E-state index is 6.01. The molecule has 0 amide bonds. The molecule has 0 aliphatic carbocycles. The lowest BCUT2D eigenvalue weighted by molar-refractivity contribution is 0.628. The Morgan fingerprint density at radius 2 is 2.43 bits per heavy atom. The smallest absolute Gasteiger partial charge is 0.0712 e. The summed E-state index contributed by atoms with van der Waals surface area (Å²) in [5, 5.41) is 0. The molecule has 2 nitrogen and oxygen atoms in total. The predicted octanol–water partition coefficient (Wildman–Crippen LogP) is 3.20. The molecular formula is C11H15BrN2. The fourth-order valence-corrected chi connectivity index (χ4v) is 1.76. The van der Waals surface area contributed by atoms with Crippen LogP contribution in [-0.4, -0.2) is 4.98 Å². The van der Waals surface area contributed by atoms with E-state index in [0.29, 0.717) is 0 Å². The van der Waals surface area contributed by atoms with Crippen molar-refractivity contribution in [3.63, 3.8) is 0 Å². The Labute approximate surface area is 93.4 Å². The Morgan fingerprint density at radius 1 is 1.71 bits per heavy atom. The highest BCUT2D eigenvalue weighted by Crippen LogP contribution is 2.23. The van der Waals surface area contributed by atoms with Gasteiger partial charge in [0.2, 0.25) is 0 Å². The fraction of sp³-hybridized carbons (Fsp3) is 0.364. The zero-order valence-electron chi connectivity index (χ0n) is 8.33. The van der Waals surface area contributed by atoms with Crippen molar-refractivity contribution < 1.29 is 0 Å². The maximum absolute atomic E-state index is 6.01. The van der Waals surface area contributed by atoms with Gasteiger partial charge in [-0.2, -0.15) is 0 Å². The van der Waals surface area contributed by atoms with Gasteiger partial charge in [0, 0.05) is 16.7 Å². The highest BCUT2D eigenvalue weighted by atomic mass is 79.9. The summed E-state index contributed by atoms with van der Waals surface area (Å²) < 4.78 is 0.981. The van der Waals surface area contributed by atoms with E-state index in [1.54, 1.807) is 6.20 Å². The van der Waals surface area contributed by atoms with Crippen LogP contribution < -0.4 is 5.73 Å². The van der Waals surface area contributed by atoms with Gasteiger partial charge in [-0.05, 0) is 47.8 Å². The first kappa shape index (κ1) is 11.4. The van der Waals surface area contributed by atoms with Crippen molar-refractivity contribution in [3.8, 4) is 0 Å². The third-order valence-electron chi connectivity index (χ3n) is 2.02. The summed E-state index contributed by atoms with van der Waals surface area (Å²) in [6.07, 6.45) is 3.61. The lowest BCUT2D eigenvalue weighted by Gasteiger charge is -2.12. The van der Waals surface area contributed by atoms with E-state index < -0.39 is 0 Å². The minimum atomic E-state index is -0.0118. The van der Waals surface area contributed by atoms with Crippen molar-refractivity contribution in [1.82, 2.24) is 4.98 Å². The average molecular weight is 255 g/mol. The molecule has 0 spiro atoms. The van der Waals surface area contributed by atoms with Crippen LogP contribution in [0.25, 0.3) is 0 Å². The van der Waals surface area contributed by atoms with E-state index in [0.717, 1.165) is 28.6 Å². The molecule has 0 fully saturated rings. The number of halogens is 1. The van der Waals surface area contributed by atoms with Gasteiger partial charge < -0.3 is 5.73 Å². The lowest BCUT2D eigenvalue weighted by atomic mass is 10.1. The van der Waals surface area contributed by atoms with Crippen LogP contribution in [0.15, 0.2) is 35.0 Å². The zero-order chi connectivity index (χ0) is 10.6. The Bertz CT molecular complexity index is 323. The molecule has 14 heavy (non-hydrogen) atoms.